The molecule has 1 aromatic carbocycles. The predicted octanol–water partition coefficient (Wildman–Crippen LogP) is 1.79. The predicted molar refractivity (Wildman–Crippen MR) is 98.4 cm³/mol. The maximum Gasteiger partial charge on any atom is 0.246 e. The lowest BCUT2D eigenvalue weighted by atomic mass is 10.2. The van der Waals surface area contributed by atoms with Crippen molar-refractivity contribution < 1.29 is 13.2 Å². The second kappa shape index (κ2) is 7.37. The Morgan fingerprint density at radius 1 is 1.21 bits per heavy atom. The van der Waals surface area contributed by atoms with Gasteiger partial charge >= 0.3 is 0 Å². The molecule has 3 rings (SSSR count). The van der Waals surface area contributed by atoms with Crippen LogP contribution in [0.2, 0.25) is 0 Å². The van der Waals surface area contributed by atoms with Crippen molar-refractivity contribution in [2.75, 3.05) is 37.7 Å². The molecule has 0 bridgehead atoms. The number of piperazine rings is 1. The summed E-state index contributed by atoms with van der Waals surface area (Å²) in [5.41, 5.74) is 0.979. The van der Waals surface area contributed by atoms with Crippen LogP contribution in [-0.2, 0) is 14.6 Å². The van der Waals surface area contributed by atoms with E-state index in [1.807, 2.05) is 35.2 Å². The monoisotopic (exact) mass is 412 g/mol. The summed E-state index contributed by atoms with van der Waals surface area (Å²) in [6, 6.07) is 7.92. The van der Waals surface area contributed by atoms with E-state index < -0.39 is 9.84 Å². The Hall–Kier alpha value is -1.18. The maximum absolute atomic E-state index is 12.3. The second-order valence-corrected chi connectivity index (χ2v) is 9.45. The third-order valence-corrected chi connectivity index (χ3v) is 6.86. The molecule has 2 heterocycles. The number of carbonyl (C=O) groups excluding carboxylic acids is 1. The molecule has 130 valence electrons. The first-order valence-corrected chi connectivity index (χ1v) is 10.7. The van der Waals surface area contributed by atoms with Crippen molar-refractivity contribution >= 4 is 37.8 Å². The minimum absolute atomic E-state index is 0.00803. The van der Waals surface area contributed by atoms with Gasteiger partial charge in [0.1, 0.15) is 0 Å². The summed E-state index contributed by atoms with van der Waals surface area (Å²) >= 11 is 3.41. The zero-order valence-electron chi connectivity index (χ0n) is 13.4. The van der Waals surface area contributed by atoms with Crippen LogP contribution in [0.15, 0.2) is 34.8 Å². The summed E-state index contributed by atoms with van der Waals surface area (Å²) in [6.45, 7) is 2.80. The number of amides is 1. The highest BCUT2D eigenvalue weighted by molar-refractivity contribution is 9.10. The summed E-state index contributed by atoms with van der Waals surface area (Å²) in [5, 5.41) is 0. The lowest BCUT2D eigenvalue weighted by Crippen LogP contribution is -2.52. The number of nitrogens with zero attached hydrogens (tertiary/aromatic N) is 2. The fourth-order valence-corrected chi connectivity index (χ4v) is 5.43. The van der Waals surface area contributed by atoms with Crippen molar-refractivity contribution in [1.29, 1.82) is 0 Å². The van der Waals surface area contributed by atoms with Crippen molar-refractivity contribution in [2.45, 2.75) is 12.5 Å². The van der Waals surface area contributed by atoms with Gasteiger partial charge in [0.25, 0.3) is 0 Å². The van der Waals surface area contributed by atoms with E-state index in [0.717, 1.165) is 29.5 Å². The van der Waals surface area contributed by atoms with Gasteiger partial charge in [-0.2, -0.15) is 0 Å². The third kappa shape index (κ3) is 4.46. The van der Waals surface area contributed by atoms with Gasteiger partial charge in [-0.25, -0.2) is 8.42 Å². The van der Waals surface area contributed by atoms with E-state index in [1.165, 1.54) is 0 Å². The van der Waals surface area contributed by atoms with Crippen LogP contribution in [0, 0.1) is 0 Å². The molecule has 2 fully saturated rings. The van der Waals surface area contributed by atoms with Gasteiger partial charge < -0.3 is 4.90 Å². The minimum atomic E-state index is -2.85. The first-order chi connectivity index (χ1) is 11.4. The molecule has 1 aromatic rings. The van der Waals surface area contributed by atoms with Crippen molar-refractivity contribution in [3.63, 3.8) is 0 Å². The van der Waals surface area contributed by atoms with Crippen molar-refractivity contribution in [3.05, 3.63) is 40.4 Å². The third-order valence-electron chi connectivity index (χ3n) is 4.62. The Labute approximate surface area is 151 Å². The van der Waals surface area contributed by atoms with Gasteiger partial charge in [-0.05, 0) is 30.2 Å². The van der Waals surface area contributed by atoms with Gasteiger partial charge in [0.15, 0.2) is 9.84 Å². The van der Waals surface area contributed by atoms with Crippen molar-refractivity contribution in [1.82, 2.24) is 9.80 Å². The van der Waals surface area contributed by atoms with E-state index in [0.29, 0.717) is 18.8 Å². The first-order valence-electron chi connectivity index (χ1n) is 8.10. The fourth-order valence-electron chi connectivity index (χ4n) is 3.25. The minimum Gasteiger partial charge on any atom is -0.337 e. The van der Waals surface area contributed by atoms with Gasteiger partial charge in [-0.1, -0.05) is 28.1 Å². The maximum atomic E-state index is 12.3. The van der Waals surface area contributed by atoms with Crippen molar-refractivity contribution in [2.24, 2.45) is 0 Å². The molecule has 0 saturated carbocycles. The van der Waals surface area contributed by atoms with Gasteiger partial charge in [-0.3, -0.25) is 9.69 Å². The SMILES string of the molecule is O=C(/C=C/c1cccc(Br)c1)N1CCN([C@@H]2CCS(=O)(=O)C2)CC1. The Morgan fingerprint density at radius 3 is 2.58 bits per heavy atom. The molecule has 0 aliphatic carbocycles. The van der Waals surface area contributed by atoms with Gasteiger partial charge in [0.2, 0.25) is 5.91 Å². The van der Waals surface area contributed by atoms with E-state index >= 15 is 0 Å². The standard InChI is InChI=1S/C17H21BrN2O3S/c18-15-3-1-2-14(12-15)4-5-17(21)20-9-7-19(8-10-20)16-6-11-24(22,23)13-16/h1-5,12,16H,6-11,13H2/b5-4+/t16-/m1/s1. The molecule has 0 aromatic heterocycles. The summed E-state index contributed by atoms with van der Waals surface area (Å²) in [5.74, 6) is 0.573. The Bertz CT molecular complexity index is 740. The quantitative estimate of drug-likeness (QED) is 0.710. The molecule has 1 amide bonds. The molecule has 2 saturated heterocycles. The number of carbonyl (C=O) groups is 1. The first kappa shape index (κ1) is 17.6. The highest BCUT2D eigenvalue weighted by Gasteiger charge is 2.34. The molecular formula is C17H21BrN2O3S. The Kier molecular flexibility index (Phi) is 5.42. The van der Waals surface area contributed by atoms with E-state index in [-0.39, 0.29) is 17.7 Å². The number of sulfone groups is 1. The fraction of sp³-hybridized carbons (Fsp3) is 0.471. The number of hydrogen-bond acceptors (Lipinski definition) is 4. The number of benzene rings is 1. The van der Waals surface area contributed by atoms with Crippen LogP contribution >= 0.6 is 15.9 Å². The molecule has 2 aliphatic rings. The van der Waals surface area contributed by atoms with Crippen LogP contribution in [0.5, 0.6) is 0 Å². The molecule has 0 spiro atoms. The number of rotatable bonds is 3. The average molecular weight is 413 g/mol. The summed E-state index contributed by atoms with van der Waals surface area (Å²) in [6.07, 6.45) is 4.15. The van der Waals surface area contributed by atoms with Gasteiger partial charge in [-0.15, -0.1) is 0 Å². The lowest BCUT2D eigenvalue weighted by molar-refractivity contribution is -0.127. The molecule has 0 unspecified atom stereocenters. The van der Waals surface area contributed by atoms with Crippen molar-refractivity contribution in [3.8, 4) is 0 Å². The van der Waals surface area contributed by atoms with Gasteiger partial charge in [0.05, 0.1) is 11.5 Å². The topological polar surface area (TPSA) is 57.7 Å². The van der Waals surface area contributed by atoms with Crippen LogP contribution < -0.4 is 0 Å². The van der Waals surface area contributed by atoms with Crippen LogP contribution in [0.4, 0.5) is 0 Å². The van der Waals surface area contributed by atoms with Crippen LogP contribution in [-0.4, -0.2) is 67.9 Å². The Morgan fingerprint density at radius 2 is 1.96 bits per heavy atom. The summed E-state index contributed by atoms with van der Waals surface area (Å²) in [4.78, 5) is 16.3. The van der Waals surface area contributed by atoms with E-state index in [9.17, 15) is 13.2 Å². The number of halogens is 1. The van der Waals surface area contributed by atoms with E-state index in [1.54, 1.807) is 6.08 Å². The molecule has 1 atom stereocenters. The summed E-state index contributed by atoms with van der Waals surface area (Å²) in [7, 11) is -2.85. The molecule has 7 heteroatoms. The average Bonchev–Trinajstić information content (AvgIpc) is 2.93. The van der Waals surface area contributed by atoms with Crippen LogP contribution in [0.1, 0.15) is 12.0 Å². The highest BCUT2D eigenvalue weighted by atomic mass is 79.9. The molecular weight excluding hydrogens is 392 g/mol. The molecule has 0 radical (unpaired) electrons. The second-order valence-electron chi connectivity index (χ2n) is 6.31. The number of hydrogen-bond donors (Lipinski definition) is 0. The Balaban J connectivity index is 1.52. The van der Waals surface area contributed by atoms with Gasteiger partial charge in [0, 0.05) is 42.8 Å². The van der Waals surface area contributed by atoms with Crippen LogP contribution in [0.3, 0.4) is 0 Å². The van der Waals surface area contributed by atoms with E-state index in [2.05, 4.69) is 20.8 Å². The lowest BCUT2D eigenvalue weighted by Gasteiger charge is -2.37. The van der Waals surface area contributed by atoms with E-state index in [4.69, 9.17) is 0 Å². The summed E-state index contributed by atoms with van der Waals surface area (Å²) < 4.78 is 24.2. The smallest absolute Gasteiger partial charge is 0.246 e. The van der Waals surface area contributed by atoms with Crippen LogP contribution in [0.25, 0.3) is 6.08 Å². The zero-order chi connectivity index (χ0) is 17.2. The molecule has 5 nitrogen and oxygen atoms in total. The highest BCUT2D eigenvalue weighted by Crippen LogP contribution is 2.19. The molecule has 2 aliphatic heterocycles. The zero-order valence-corrected chi connectivity index (χ0v) is 15.8. The largest absolute Gasteiger partial charge is 0.337 e. The molecule has 24 heavy (non-hydrogen) atoms. The molecule has 0 N–H and O–H groups in total. The normalized spacial score (nSPS) is 24.5.